The smallest absolute Gasteiger partial charge is 0.432 e. The monoisotopic (exact) mass is 440 g/mol. The molecular weight excluding hydrogens is 429 g/mol. The zero-order chi connectivity index (χ0) is 22.1. The highest BCUT2D eigenvalue weighted by atomic mass is 35.5. The molecule has 1 aromatic heterocycles. The van der Waals surface area contributed by atoms with Gasteiger partial charge in [-0.25, -0.2) is 0 Å². The number of amides is 1. The number of benzene rings is 2. The van der Waals surface area contributed by atoms with Gasteiger partial charge in [-0.15, -0.1) is 0 Å². The van der Waals surface area contributed by atoms with E-state index in [0.717, 1.165) is 12.1 Å². The molecule has 3 aromatic rings. The SMILES string of the molecule is Cc1cc(Cl)ccc1Oc1cc(NC(=O)c2cc(C(F)(F)F)[nH]n2)cc([N+](=O)[O-])c1. The van der Waals surface area contributed by atoms with Gasteiger partial charge >= 0.3 is 6.18 Å². The third-order valence-corrected chi connectivity index (χ3v) is 4.08. The van der Waals surface area contributed by atoms with Crippen LogP contribution in [0.1, 0.15) is 21.7 Å². The van der Waals surface area contributed by atoms with Gasteiger partial charge in [0.2, 0.25) is 0 Å². The molecule has 0 saturated heterocycles. The van der Waals surface area contributed by atoms with Crippen molar-refractivity contribution < 1.29 is 27.6 Å². The van der Waals surface area contributed by atoms with Crippen molar-refractivity contribution in [3.63, 3.8) is 0 Å². The molecule has 0 radical (unpaired) electrons. The van der Waals surface area contributed by atoms with Crippen LogP contribution in [0, 0.1) is 17.0 Å². The average Bonchev–Trinajstić information content (AvgIpc) is 3.14. The number of aryl methyl sites for hydroxylation is 1. The molecule has 0 aliphatic heterocycles. The highest BCUT2D eigenvalue weighted by molar-refractivity contribution is 6.30. The van der Waals surface area contributed by atoms with Gasteiger partial charge in [0.25, 0.3) is 11.6 Å². The van der Waals surface area contributed by atoms with Crippen molar-refractivity contribution in [2.24, 2.45) is 0 Å². The van der Waals surface area contributed by atoms with E-state index in [9.17, 15) is 28.1 Å². The molecule has 1 amide bonds. The number of nitrogens with one attached hydrogen (secondary N) is 2. The number of carbonyl (C=O) groups is 1. The molecule has 0 fully saturated rings. The number of aromatic nitrogens is 2. The van der Waals surface area contributed by atoms with Crippen molar-refractivity contribution in [3.8, 4) is 11.5 Å². The van der Waals surface area contributed by atoms with Gasteiger partial charge < -0.3 is 10.1 Å². The number of nitro groups is 1. The fraction of sp³-hybridized carbons (Fsp3) is 0.111. The van der Waals surface area contributed by atoms with Gasteiger partial charge in [-0.3, -0.25) is 20.0 Å². The largest absolute Gasteiger partial charge is 0.457 e. The summed E-state index contributed by atoms with van der Waals surface area (Å²) in [4.78, 5) is 22.7. The predicted molar refractivity (Wildman–Crippen MR) is 101 cm³/mol. The summed E-state index contributed by atoms with van der Waals surface area (Å²) in [7, 11) is 0. The molecule has 156 valence electrons. The first-order chi connectivity index (χ1) is 14.0. The standard InChI is InChI=1S/C18H12ClF3N4O4/c1-9-4-10(19)2-3-15(9)30-13-6-11(5-12(7-13)26(28)29)23-17(27)14-8-16(25-24-14)18(20,21)22/h2-8H,1H3,(H,23,27)(H,24,25). The second kappa shape index (κ2) is 8.03. The molecule has 0 saturated carbocycles. The number of rotatable bonds is 5. The molecule has 8 nitrogen and oxygen atoms in total. The van der Waals surface area contributed by atoms with Crippen LogP contribution in [0.5, 0.6) is 11.5 Å². The van der Waals surface area contributed by atoms with Gasteiger partial charge in [-0.2, -0.15) is 18.3 Å². The minimum absolute atomic E-state index is 0.0305. The van der Waals surface area contributed by atoms with Crippen molar-refractivity contribution >= 4 is 28.9 Å². The number of hydrogen-bond acceptors (Lipinski definition) is 5. The van der Waals surface area contributed by atoms with Crippen LogP contribution in [0.25, 0.3) is 0 Å². The number of anilines is 1. The fourth-order valence-electron chi connectivity index (χ4n) is 2.45. The number of ether oxygens (including phenoxy) is 1. The Morgan fingerprint density at radius 1 is 1.23 bits per heavy atom. The van der Waals surface area contributed by atoms with Crippen LogP contribution in [0.15, 0.2) is 42.5 Å². The molecule has 12 heteroatoms. The fourth-order valence-corrected chi connectivity index (χ4v) is 2.68. The predicted octanol–water partition coefficient (Wildman–Crippen LogP) is 5.34. The van der Waals surface area contributed by atoms with E-state index in [2.05, 4.69) is 10.4 Å². The minimum atomic E-state index is -4.70. The molecule has 2 N–H and O–H groups in total. The zero-order valence-corrected chi connectivity index (χ0v) is 15.8. The third kappa shape index (κ3) is 4.87. The van der Waals surface area contributed by atoms with Gasteiger partial charge in [-0.05, 0) is 30.7 Å². The normalized spacial score (nSPS) is 11.2. The maximum atomic E-state index is 12.6. The third-order valence-electron chi connectivity index (χ3n) is 3.84. The molecule has 0 aliphatic rings. The van der Waals surface area contributed by atoms with Crippen molar-refractivity contribution in [1.82, 2.24) is 10.2 Å². The molecule has 0 spiro atoms. The lowest BCUT2D eigenvalue weighted by molar-refractivity contribution is -0.384. The first-order valence-electron chi connectivity index (χ1n) is 8.20. The summed E-state index contributed by atoms with van der Waals surface area (Å²) < 4.78 is 43.6. The van der Waals surface area contributed by atoms with Crippen LogP contribution >= 0.6 is 11.6 Å². The summed E-state index contributed by atoms with van der Waals surface area (Å²) in [6.07, 6.45) is -4.70. The Morgan fingerprint density at radius 2 is 1.97 bits per heavy atom. The van der Waals surface area contributed by atoms with E-state index in [1.54, 1.807) is 30.2 Å². The van der Waals surface area contributed by atoms with Crippen LogP contribution in [-0.2, 0) is 6.18 Å². The van der Waals surface area contributed by atoms with Crippen LogP contribution in [0.2, 0.25) is 5.02 Å². The average molecular weight is 441 g/mol. The summed E-state index contributed by atoms with van der Waals surface area (Å²) in [6, 6.07) is 8.76. The van der Waals surface area contributed by atoms with Gasteiger partial charge in [0.1, 0.15) is 17.2 Å². The summed E-state index contributed by atoms with van der Waals surface area (Å²) >= 11 is 5.89. The number of halogens is 4. The van der Waals surface area contributed by atoms with Gasteiger partial charge in [0, 0.05) is 23.2 Å². The number of alkyl halides is 3. The van der Waals surface area contributed by atoms with Crippen molar-refractivity contribution in [2.45, 2.75) is 13.1 Å². The highest BCUT2D eigenvalue weighted by Crippen LogP contribution is 2.32. The molecule has 2 aromatic carbocycles. The lowest BCUT2D eigenvalue weighted by Crippen LogP contribution is -2.12. The lowest BCUT2D eigenvalue weighted by atomic mass is 10.2. The Morgan fingerprint density at radius 3 is 2.57 bits per heavy atom. The first kappa shape index (κ1) is 21.1. The van der Waals surface area contributed by atoms with E-state index in [4.69, 9.17) is 16.3 Å². The number of H-pyrrole nitrogens is 1. The summed E-state index contributed by atoms with van der Waals surface area (Å²) in [5.41, 5.74) is -1.53. The first-order valence-corrected chi connectivity index (χ1v) is 8.58. The van der Waals surface area contributed by atoms with Crippen LogP contribution in [-0.4, -0.2) is 21.0 Å². The number of hydrogen-bond donors (Lipinski definition) is 2. The summed E-state index contributed by atoms with van der Waals surface area (Å²) in [6.45, 7) is 1.72. The van der Waals surface area contributed by atoms with Crippen molar-refractivity contribution in [1.29, 1.82) is 0 Å². The lowest BCUT2D eigenvalue weighted by Gasteiger charge is -2.11. The van der Waals surface area contributed by atoms with E-state index in [-0.39, 0.29) is 11.4 Å². The second-order valence-corrected chi connectivity index (χ2v) is 6.54. The quantitative estimate of drug-likeness (QED) is 0.411. The maximum absolute atomic E-state index is 12.6. The second-order valence-electron chi connectivity index (χ2n) is 6.10. The zero-order valence-electron chi connectivity index (χ0n) is 15.1. The van der Waals surface area contributed by atoms with Crippen molar-refractivity contribution in [2.75, 3.05) is 5.32 Å². The molecule has 0 bridgehead atoms. The van der Waals surface area contributed by atoms with Gasteiger partial charge in [-0.1, -0.05) is 11.6 Å². The molecular formula is C18H12ClF3N4O4. The molecule has 0 atom stereocenters. The van der Waals surface area contributed by atoms with Gasteiger partial charge in [0.05, 0.1) is 16.7 Å². The highest BCUT2D eigenvalue weighted by Gasteiger charge is 2.33. The van der Waals surface area contributed by atoms with Crippen molar-refractivity contribution in [3.05, 3.63) is 74.6 Å². The Bertz CT molecular complexity index is 1130. The molecule has 1 heterocycles. The van der Waals surface area contributed by atoms with E-state index >= 15 is 0 Å². The van der Waals surface area contributed by atoms with E-state index < -0.39 is 34.1 Å². The Labute approximate surface area is 171 Å². The van der Waals surface area contributed by atoms with Gasteiger partial charge in [0.15, 0.2) is 5.69 Å². The van der Waals surface area contributed by atoms with E-state index in [1.807, 2.05) is 0 Å². The Hall–Kier alpha value is -3.60. The molecule has 30 heavy (non-hydrogen) atoms. The van der Waals surface area contributed by atoms with Crippen LogP contribution in [0.3, 0.4) is 0 Å². The number of carbonyl (C=O) groups excluding carboxylic acids is 1. The summed E-state index contributed by atoms with van der Waals surface area (Å²) in [5, 5.41) is 19.0. The van der Waals surface area contributed by atoms with E-state index in [1.165, 1.54) is 6.07 Å². The van der Waals surface area contributed by atoms with Crippen LogP contribution < -0.4 is 10.1 Å². The molecule has 0 unspecified atom stereocenters. The molecule has 0 aliphatic carbocycles. The van der Waals surface area contributed by atoms with E-state index in [0.29, 0.717) is 22.4 Å². The number of aromatic amines is 1. The molecule has 3 rings (SSSR count). The maximum Gasteiger partial charge on any atom is 0.432 e. The topological polar surface area (TPSA) is 110 Å². The number of non-ortho nitro benzene ring substituents is 1. The number of nitro benzene ring substituents is 1. The summed E-state index contributed by atoms with van der Waals surface area (Å²) in [5.74, 6) is -0.585. The number of nitrogens with zero attached hydrogens (tertiary/aromatic N) is 2. The Balaban J connectivity index is 1.88. The minimum Gasteiger partial charge on any atom is -0.457 e. The Kier molecular flexibility index (Phi) is 5.65. The van der Waals surface area contributed by atoms with Crippen LogP contribution in [0.4, 0.5) is 24.5 Å².